The highest BCUT2D eigenvalue weighted by molar-refractivity contribution is 5.92. The number of esters is 1. The molecule has 0 amide bonds. The summed E-state index contributed by atoms with van der Waals surface area (Å²) in [6.45, 7) is 7.53. The standard InChI is InChI=1S/C28H30O5/c1-4-7-16-32-28(29)22-11-9-8-10-21(22)27-23-14-12-19(30-5-2)17-25(23)33-26-18-20(31-6-3)13-15-24(26)27/h8-15,17-18,27H,4-7,16H2,1-3H3. The number of benzene rings is 3. The summed E-state index contributed by atoms with van der Waals surface area (Å²) in [4.78, 5) is 13.0. The van der Waals surface area contributed by atoms with Crippen LogP contribution in [-0.4, -0.2) is 25.8 Å². The van der Waals surface area contributed by atoms with E-state index in [0.29, 0.717) is 36.9 Å². The molecule has 1 heterocycles. The lowest BCUT2D eigenvalue weighted by molar-refractivity contribution is 0.0498. The first kappa shape index (κ1) is 22.7. The Morgan fingerprint density at radius 3 is 2.00 bits per heavy atom. The molecule has 5 nitrogen and oxygen atoms in total. The molecule has 1 aliphatic heterocycles. The molecule has 3 aromatic carbocycles. The van der Waals surface area contributed by atoms with E-state index in [4.69, 9.17) is 18.9 Å². The maximum atomic E-state index is 13.0. The van der Waals surface area contributed by atoms with Gasteiger partial charge in [0.15, 0.2) is 0 Å². The first-order valence-electron chi connectivity index (χ1n) is 11.6. The van der Waals surface area contributed by atoms with Crippen LogP contribution in [0, 0.1) is 0 Å². The van der Waals surface area contributed by atoms with E-state index < -0.39 is 0 Å². The van der Waals surface area contributed by atoms with Crippen LogP contribution in [0.5, 0.6) is 23.0 Å². The molecular weight excluding hydrogens is 416 g/mol. The normalized spacial score (nSPS) is 12.3. The molecule has 0 saturated heterocycles. The molecule has 0 aliphatic carbocycles. The number of carbonyl (C=O) groups excluding carboxylic acids is 1. The molecule has 4 rings (SSSR count). The molecule has 5 heteroatoms. The topological polar surface area (TPSA) is 54.0 Å². The average molecular weight is 447 g/mol. The molecular formula is C28H30O5. The predicted octanol–water partition coefficient (Wildman–Crippen LogP) is 6.73. The van der Waals surface area contributed by atoms with Gasteiger partial charge < -0.3 is 18.9 Å². The van der Waals surface area contributed by atoms with Crippen molar-refractivity contribution in [2.24, 2.45) is 0 Å². The van der Waals surface area contributed by atoms with Crippen LogP contribution in [0.15, 0.2) is 60.7 Å². The van der Waals surface area contributed by atoms with Gasteiger partial charge in [-0.15, -0.1) is 0 Å². The summed E-state index contributed by atoms with van der Waals surface area (Å²) in [5, 5.41) is 0. The molecule has 0 bridgehead atoms. The zero-order valence-electron chi connectivity index (χ0n) is 19.4. The number of fused-ring (bicyclic) bond motifs is 2. The number of carbonyl (C=O) groups is 1. The molecule has 0 spiro atoms. The van der Waals surface area contributed by atoms with Gasteiger partial charge >= 0.3 is 5.97 Å². The predicted molar refractivity (Wildman–Crippen MR) is 128 cm³/mol. The highest BCUT2D eigenvalue weighted by Crippen LogP contribution is 2.49. The van der Waals surface area contributed by atoms with Crippen LogP contribution in [0.4, 0.5) is 0 Å². The number of unbranched alkanes of at least 4 members (excludes halogenated alkanes) is 1. The van der Waals surface area contributed by atoms with Gasteiger partial charge in [-0.3, -0.25) is 0 Å². The second-order valence-electron chi connectivity index (χ2n) is 7.88. The van der Waals surface area contributed by atoms with Crippen molar-refractivity contribution in [2.75, 3.05) is 19.8 Å². The van der Waals surface area contributed by atoms with Crippen LogP contribution in [0.25, 0.3) is 0 Å². The summed E-state index contributed by atoms with van der Waals surface area (Å²) in [6.07, 6.45) is 1.82. The molecule has 0 unspecified atom stereocenters. The quantitative estimate of drug-likeness (QED) is 0.211. The molecule has 0 N–H and O–H groups in total. The van der Waals surface area contributed by atoms with E-state index in [9.17, 15) is 4.79 Å². The largest absolute Gasteiger partial charge is 0.494 e. The second-order valence-corrected chi connectivity index (χ2v) is 7.88. The van der Waals surface area contributed by atoms with Crippen molar-refractivity contribution in [2.45, 2.75) is 39.5 Å². The Morgan fingerprint density at radius 1 is 0.818 bits per heavy atom. The molecule has 0 atom stereocenters. The van der Waals surface area contributed by atoms with Gasteiger partial charge in [0.1, 0.15) is 23.0 Å². The maximum Gasteiger partial charge on any atom is 0.338 e. The molecule has 1 aliphatic rings. The Morgan fingerprint density at radius 2 is 1.42 bits per heavy atom. The van der Waals surface area contributed by atoms with E-state index in [1.54, 1.807) is 0 Å². The maximum absolute atomic E-state index is 13.0. The van der Waals surface area contributed by atoms with Crippen LogP contribution in [0.2, 0.25) is 0 Å². The van der Waals surface area contributed by atoms with Gasteiger partial charge in [0.2, 0.25) is 0 Å². The monoisotopic (exact) mass is 446 g/mol. The third-order valence-corrected chi connectivity index (χ3v) is 5.66. The number of hydrogen-bond donors (Lipinski definition) is 0. The number of ether oxygens (including phenoxy) is 4. The average Bonchev–Trinajstić information content (AvgIpc) is 2.83. The summed E-state index contributed by atoms with van der Waals surface area (Å²) in [7, 11) is 0. The van der Waals surface area contributed by atoms with Crippen LogP contribution in [0.3, 0.4) is 0 Å². The Labute approximate surface area is 195 Å². The van der Waals surface area contributed by atoms with E-state index >= 15 is 0 Å². The highest BCUT2D eigenvalue weighted by atomic mass is 16.5. The summed E-state index contributed by atoms with van der Waals surface area (Å²) >= 11 is 0. The van der Waals surface area contributed by atoms with Crippen molar-refractivity contribution >= 4 is 5.97 Å². The minimum absolute atomic E-state index is 0.190. The highest BCUT2D eigenvalue weighted by Gasteiger charge is 2.32. The zero-order valence-corrected chi connectivity index (χ0v) is 19.4. The molecule has 0 radical (unpaired) electrons. The summed E-state index contributed by atoms with van der Waals surface area (Å²) in [6, 6.07) is 19.4. The van der Waals surface area contributed by atoms with Crippen molar-refractivity contribution in [1.29, 1.82) is 0 Å². The van der Waals surface area contributed by atoms with E-state index in [1.165, 1.54) is 0 Å². The van der Waals surface area contributed by atoms with Gasteiger partial charge in [0.25, 0.3) is 0 Å². The fourth-order valence-electron chi connectivity index (χ4n) is 4.14. The van der Waals surface area contributed by atoms with Gasteiger partial charge in [-0.05, 0) is 44.0 Å². The fraction of sp³-hybridized carbons (Fsp3) is 0.321. The van der Waals surface area contributed by atoms with Crippen LogP contribution in [-0.2, 0) is 4.74 Å². The van der Waals surface area contributed by atoms with E-state index in [0.717, 1.165) is 41.0 Å². The van der Waals surface area contributed by atoms with Gasteiger partial charge in [0, 0.05) is 29.2 Å². The summed E-state index contributed by atoms with van der Waals surface area (Å²) in [5.41, 5.74) is 3.41. The third kappa shape index (κ3) is 4.82. The van der Waals surface area contributed by atoms with Gasteiger partial charge in [-0.1, -0.05) is 43.7 Å². The molecule has 0 aromatic heterocycles. The van der Waals surface area contributed by atoms with Crippen molar-refractivity contribution in [1.82, 2.24) is 0 Å². The summed E-state index contributed by atoms with van der Waals surface area (Å²) < 4.78 is 23.3. The number of hydrogen-bond acceptors (Lipinski definition) is 5. The van der Waals surface area contributed by atoms with Crippen molar-refractivity contribution in [3.8, 4) is 23.0 Å². The van der Waals surface area contributed by atoms with Crippen molar-refractivity contribution in [3.63, 3.8) is 0 Å². The molecule has 0 saturated carbocycles. The SMILES string of the molecule is CCCCOC(=O)c1ccccc1C1c2ccc(OCC)cc2Oc2cc(OCC)ccc21. The first-order chi connectivity index (χ1) is 16.2. The number of rotatable bonds is 9. The lowest BCUT2D eigenvalue weighted by Crippen LogP contribution is -2.17. The van der Waals surface area contributed by atoms with Crippen molar-refractivity contribution < 1.29 is 23.7 Å². The fourth-order valence-corrected chi connectivity index (χ4v) is 4.14. The Hall–Kier alpha value is -3.47. The molecule has 33 heavy (non-hydrogen) atoms. The van der Waals surface area contributed by atoms with E-state index in [1.807, 2.05) is 74.5 Å². The van der Waals surface area contributed by atoms with E-state index in [2.05, 4.69) is 6.92 Å². The van der Waals surface area contributed by atoms with Gasteiger partial charge in [0.05, 0.1) is 25.4 Å². The third-order valence-electron chi connectivity index (χ3n) is 5.66. The Balaban J connectivity index is 1.83. The smallest absolute Gasteiger partial charge is 0.338 e. The molecule has 3 aromatic rings. The zero-order chi connectivity index (χ0) is 23.2. The minimum Gasteiger partial charge on any atom is -0.494 e. The Bertz CT molecular complexity index is 1070. The lowest BCUT2D eigenvalue weighted by Gasteiger charge is -2.30. The van der Waals surface area contributed by atoms with Crippen LogP contribution >= 0.6 is 0 Å². The molecule has 0 fully saturated rings. The van der Waals surface area contributed by atoms with Crippen LogP contribution < -0.4 is 14.2 Å². The van der Waals surface area contributed by atoms with Gasteiger partial charge in [-0.25, -0.2) is 4.79 Å². The Kier molecular flexibility index (Phi) is 7.18. The van der Waals surface area contributed by atoms with Gasteiger partial charge in [-0.2, -0.15) is 0 Å². The summed E-state index contributed by atoms with van der Waals surface area (Å²) in [5.74, 6) is 2.41. The lowest BCUT2D eigenvalue weighted by atomic mass is 9.80. The van der Waals surface area contributed by atoms with Crippen LogP contribution in [0.1, 0.15) is 66.6 Å². The minimum atomic E-state index is -0.300. The molecule has 172 valence electrons. The van der Waals surface area contributed by atoms with E-state index in [-0.39, 0.29) is 11.9 Å². The second kappa shape index (κ2) is 10.4. The first-order valence-corrected chi connectivity index (χ1v) is 11.6. The van der Waals surface area contributed by atoms with Crippen molar-refractivity contribution in [3.05, 3.63) is 82.9 Å².